The highest BCUT2D eigenvalue weighted by Gasteiger charge is 2.28. The third-order valence-corrected chi connectivity index (χ3v) is 4.71. The molecule has 0 saturated carbocycles. The molecule has 0 radical (unpaired) electrons. The highest BCUT2D eigenvalue weighted by molar-refractivity contribution is 5.83. The Hall–Kier alpha value is -2.92. The van der Waals surface area contributed by atoms with Crippen LogP contribution in [0.4, 0.5) is 0 Å². The van der Waals surface area contributed by atoms with E-state index in [4.69, 9.17) is 4.74 Å². The summed E-state index contributed by atoms with van der Waals surface area (Å²) in [6.07, 6.45) is 0.377. The number of nitrogens with one attached hydrogen (secondary N) is 1. The minimum absolute atomic E-state index is 0.136. The molecule has 5 heteroatoms. The molecule has 1 aliphatic heterocycles. The molecule has 0 atom stereocenters. The number of aromatic nitrogens is 2. The molecule has 0 bridgehead atoms. The van der Waals surface area contributed by atoms with Crippen molar-refractivity contribution in [1.29, 1.82) is 0 Å². The summed E-state index contributed by atoms with van der Waals surface area (Å²) in [5.74, 6) is 0.136. The van der Waals surface area contributed by atoms with Gasteiger partial charge in [-0.25, -0.2) is 0 Å². The van der Waals surface area contributed by atoms with Gasteiger partial charge in [0.25, 0.3) is 0 Å². The zero-order chi connectivity index (χ0) is 17.9. The number of carbonyl (C=O) groups excluding carboxylic acids is 1. The maximum atomic E-state index is 12.7. The molecule has 5 nitrogen and oxygen atoms in total. The van der Waals surface area contributed by atoms with Crippen LogP contribution < -0.4 is 0 Å². The van der Waals surface area contributed by atoms with Crippen LogP contribution in [0.15, 0.2) is 54.6 Å². The predicted octanol–water partition coefficient (Wildman–Crippen LogP) is 3.31. The quantitative estimate of drug-likeness (QED) is 0.770. The van der Waals surface area contributed by atoms with Crippen molar-refractivity contribution in [3.63, 3.8) is 0 Å². The first-order valence-corrected chi connectivity index (χ1v) is 8.70. The molecular formula is C21H21N3O2. The molecule has 2 aromatic carbocycles. The van der Waals surface area contributed by atoms with Crippen molar-refractivity contribution < 1.29 is 9.53 Å². The zero-order valence-corrected chi connectivity index (χ0v) is 14.7. The molecule has 132 valence electrons. The number of aromatic amines is 1. The second-order valence-electron chi connectivity index (χ2n) is 6.57. The van der Waals surface area contributed by atoms with Crippen LogP contribution in [0.2, 0.25) is 0 Å². The molecule has 1 aromatic heterocycles. The van der Waals surface area contributed by atoms with Gasteiger partial charge < -0.3 is 9.64 Å². The van der Waals surface area contributed by atoms with E-state index in [0.29, 0.717) is 26.1 Å². The number of methoxy groups -OCH3 is 1. The standard InChI is InChI=1S/C21H21N3O2/c1-26-14-16-8-5-9-17(10-16)21-18-11-20(25)24(13-19(18)22-23-21)12-15-6-3-2-4-7-15/h2-10H,11-14H2,1H3,(H,22,23). The first-order chi connectivity index (χ1) is 12.7. The van der Waals surface area contributed by atoms with Crippen molar-refractivity contribution in [3.05, 3.63) is 77.0 Å². The van der Waals surface area contributed by atoms with Gasteiger partial charge in [-0.15, -0.1) is 0 Å². The van der Waals surface area contributed by atoms with Gasteiger partial charge in [-0.1, -0.05) is 48.5 Å². The predicted molar refractivity (Wildman–Crippen MR) is 99.1 cm³/mol. The van der Waals surface area contributed by atoms with E-state index < -0.39 is 0 Å². The van der Waals surface area contributed by atoms with Gasteiger partial charge in [0.15, 0.2) is 0 Å². The Bertz CT molecular complexity index is 918. The topological polar surface area (TPSA) is 58.2 Å². The van der Waals surface area contributed by atoms with E-state index in [9.17, 15) is 4.79 Å². The number of hydrogen-bond donors (Lipinski definition) is 1. The number of fused-ring (bicyclic) bond motifs is 1. The van der Waals surface area contributed by atoms with Gasteiger partial charge in [-0.3, -0.25) is 9.89 Å². The van der Waals surface area contributed by atoms with E-state index in [0.717, 1.165) is 33.6 Å². The molecule has 4 rings (SSSR count). The number of benzene rings is 2. The molecule has 2 heterocycles. The third-order valence-electron chi connectivity index (χ3n) is 4.71. The van der Waals surface area contributed by atoms with Crippen molar-refractivity contribution >= 4 is 5.91 Å². The van der Waals surface area contributed by atoms with Crippen LogP contribution >= 0.6 is 0 Å². The minimum Gasteiger partial charge on any atom is -0.380 e. The fourth-order valence-corrected chi connectivity index (χ4v) is 3.43. The van der Waals surface area contributed by atoms with Gasteiger partial charge in [-0.2, -0.15) is 5.10 Å². The van der Waals surface area contributed by atoms with Gasteiger partial charge in [0.1, 0.15) is 0 Å². The van der Waals surface area contributed by atoms with Crippen LogP contribution in [-0.4, -0.2) is 28.1 Å². The highest BCUT2D eigenvalue weighted by Crippen LogP contribution is 2.29. The number of H-pyrrole nitrogens is 1. The van der Waals surface area contributed by atoms with E-state index >= 15 is 0 Å². The number of amides is 1. The van der Waals surface area contributed by atoms with Crippen molar-refractivity contribution in [1.82, 2.24) is 15.1 Å². The molecule has 3 aromatic rings. The Kier molecular flexibility index (Phi) is 4.54. The lowest BCUT2D eigenvalue weighted by atomic mass is 9.98. The molecule has 1 N–H and O–H groups in total. The fraction of sp³-hybridized carbons (Fsp3) is 0.238. The minimum atomic E-state index is 0.136. The maximum absolute atomic E-state index is 12.7. The second kappa shape index (κ2) is 7.14. The summed E-state index contributed by atoms with van der Waals surface area (Å²) in [5.41, 5.74) is 6.14. The lowest BCUT2D eigenvalue weighted by Gasteiger charge is -2.27. The molecular weight excluding hydrogens is 326 g/mol. The monoisotopic (exact) mass is 347 g/mol. The van der Waals surface area contributed by atoms with Gasteiger partial charge in [0.2, 0.25) is 5.91 Å². The molecule has 1 aliphatic rings. The third kappa shape index (κ3) is 3.26. The Morgan fingerprint density at radius 1 is 1.12 bits per heavy atom. The van der Waals surface area contributed by atoms with Gasteiger partial charge in [-0.05, 0) is 17.2 Å². The van der Waals surface area contributed by atoms with E-state index in [-0.39, 0.29) is 5.91 Å². The number of nitrogens with zero attached hydrogens (tertiary/aromatic N) is 2. The summed E-state index contributed by atoms with van der Waals surface area (Å²) >= 11 is 0. The number of rotatable bonds is 5. The summed E-state index contributed by atoms with van der Waals surface area (Å²) in [6.45, 7) is 1.74. The number of ether oxygens (including phenoxy) is 1. The van der Waals surface area contributed by atoms with E-state index in [2.05, 4.69) is 16.3 Å². The summed E-state index contributed by atoms with van der Waals surface area (Å²) < 4.78 is 5.21. The van der Waals surface area contributed by atoms with E-state index in [1.165, 1.54) is 0 Å². The molecule has 0 unspecified atom stereocenters. The normalized spacial score (nSPS) is 13.7. The van der Waals surface area contributed by atoms with E-state index in [1.54, 1.807) is 7.11 Å². The Morgan fingerprint density at radius 3 is 2.73 bits per heavy atom. The zero-order valence-electron chi connectivity index (χ0n) is 14.7. The summed E-state index contributed by atoms with van der Waals surface area (Å²) in [5, 5.41) is 7.64. The molecule has 26 heavy (non-hydrogen) atoms. The first kappa shape index (κ1) is 16.5. The first-order valence-electron chi connectivity index (χ1n) is 8.70. The Balaban J connectivity index is 1.59. The molecule has 0 saturated heterocycles. The van der Waals surface area contributed by atoms with Crippen molar-refractivity contribution in [2.24, 2.45) is 0 Å². The van der Waals surface area contributed by atoms with Crippen LogP contribution in [0.3, 0.4) is 0 Å². The molecule has 0 aliphatic carbocycles. The lowest BCUT2D eigenvalue weighted by Crippen LogP contribution is -2.35. The maximum Gasteiger partial charge on any atom is 0.227 e. The number of hydrogen-bond acceptors (Lipinski definition) is 3. The fourth-order valence-electron chi connectivity index (χ4n) is 3.43. The Morgan fingerprint density at radius 2 is 1.92 bits per heavy atom. The van der Waals surface area contributed by atoms with Crippen molar-refractivity contribution in [3.8, 4) is 11.3 Å². The average Bonchev–Trinajstić information content (AvgIpc) is 3.06. The highest BCUT2D eigenvalue weighted by atomic mass is 16.5. The van der Waals surface area contributed by atoms with Crippen LogP contribution in [0.1, 0.15) is 22.4 Å². The summed E-state index contributed by atoms with van der Waals surface area (Å²) in [6, 6.07) is 18.2. The van der Waals surface area contributed by atoms with Crippen LogP contribution in [0.25, 0.3) is 11.3 Å². The van der Waals surface area contributed by atoms with Crippen LogP contribution in [0, 0.1) is 0 Å². The molecule has 1 amide bonds. The van der Waals surface area contributed by atoms with Crippen LogP contribution in [0.5, 0.6) is 0 Å². The summed E-state index contributed by atoms with van der Waals surface area (Å²) in [4.78, 5) is 14.6. The molecule has 0 fully saturated rings. The van der Waals surface area contributed by atoms with Crippen molar-refractivity contribution in [2.45, 2.75) is 26.1 Å². The largest absolute Gasteiger partial charge is 0.380 e. The average molecular weight is 347 g/mol. The van der Waals surface area contributed by atoms with E-state index in [1.807, 2.05) is 53.4 Å². The Labute approximate surface area is 152 Å². The smallest absolute Gasteiger partial charge is 0.227 e. The van der Waals surface area contributed by atoms with Crippen LogP contribution in [-0.2, 0) is 35.6 Å². The second-order valence-corrected chi connectivity index (χ2v) is 6.57. The summed E-state index contributed by atoms with van der Waals surface area (Å²) in [7, 11) is 1.68. The molecule has 0 spiro atoms. The number of carbonyl (C=O) groups is 1. The van der Waals surface area contributed by atoms with Gasteiger partial charge in [0, 0.05) is 24.8 Å². The van der Waals surface area contributed by atoms with Gasteiger partial charge >= 0.3 is 0 Å². The van der Waals surface area contributed by atoms with Crippen molar-refractivity contribution in [2.75, 3.05) is 7.11 Å². The van der Waals surface area contributed by atoms with Gasteiger partial charge in [0.05, 0.1) is 31.0 Å². The SMILES string of the molecule is COCc1cccc(-c2n[nH]c3c2CC(=O)N(Cc2ccccc2)C3)c1. The lowest BCUT2D eigenvalue weighted by molar-refractivity contribution is -0.132.